The highest BCUT2D eigenvalue weighted by atomic mass is 79.9. The molecule has 1 aliphatic rings. The first kappa shape index (κ1) is 13.8. The minimum absolute atomic E-state index is 0.355. The molecule has 0 aliphatic heterocycles. The monoisotopic (exact) mass is 330 g/mol. The molecule has 104 valence electrons. The van der Waals surface area contributed by atoms with Crippen LogP contribution < -0.4 is 0 Å². The molecule has 1 nitrogen and oxygen atoms in total. The Kier molecular flexibility index (Phi) is 3.70. The summed E-state index contributed by atoms with van der Waals surface area (Å²) in [4.78, 5) is 0. The molecule has 20 heavy (non-hydrogen) atoms. The normalized spacial score (nSPS) is 22.6. The fourth-order valence-electron chi connectivity index (χ4n) is 3.00. The lowest BCUT2D eigenvalue weighted by molar-refractivity contribution is 0.150. The van der Waals surface area contributed by atoms with Crippen LogP contribution in [0, 0.1) is 19.8 Å². The van der Waals surface area contributed by atoms with E-state index in [1.165, 1.54) is 11.1 Å². The van der Waals surface area contributed by atoms with Gasteiger partial charge in [0, 0.05) is 4.47 Å². The molecule has 0 heterocycles. The molecule has 1 N–H and O–H groups in total. The Bertz CT molecular complexity index is 621. The van der Waals surface area contributed by atoms with Gasteiger partial charge in [-0.15, -0.1) is 0 Å². The van der Waals surface area contributed by atoms with Crippen molar-refractivity contribution < 1.29 is 5.11 Å². The van der Waals surface area contributed by atoms with Crippen molar-refractivity contribution in [3.8, 4) is 0 Å². The highest BCUT2D eigenvalue weighted by Gasteiger charge is 2.44. The third-order valence-electron chi connectivity index (χ3n) is 4.34. The minimum atomic E-state index is -0.355. The molecule has 1 saturated carbocycles. The second-order valence-corrected chi connectivity index (χ2v) is 6.67. The Hall–Kier alpha value is -1.12. The van der Waals surface area contributed by atoms with E-state index in [2.05, 4.69) is 66.2 Å². The van der Waals surface area contributed by atoms with Crippen molar-refractivity contribution in [2.24, 2.45) is 5.92 Å². The molecule has 2 aromatic carbocycles. The first-order valence-electron chi connectivity index (χ1n) is 7.07. The topological polar surface area (TPSA) is 20.2 Å². The molecule has 0 radical (unpaired) electrons. The van der Waals surface area contributed by atoms with E-state index in [1.807, 2.05) is 6.07 Å². The van der Waals surface area contributed by atoms with E-state index in [1.54, 1.807) is 0 Å². The second kappa shape index (κ2) is 5.34. The number of hydrogen-bond donors (Lipinski definition) is 1. The zero-order chi connectivity index (χ0) is 14.3. The van der Waals surface area contributed by atoms with Crippen molar-refractivity contribution in [3.05, 3.63) is 69.2 Å². The van der Waals surface area contributed by atoms with Crippen molar-refractivity contribution in [1.29, 1.82) is 0 Å². The summed E-state index contributed by atoms with van der Waals surface area (Å²) in [5, 5.41) is 10.7. The third kappa shape index (κ3) is 2.55. The molecular formula is C18H19BrO. The van der Waals surface area contributed by atoms with Gasteiger partial charge < -0.3 is 5.11 Å². The van der Waals surface area contributed by atoms with Gasteiger partial charge in [0.05, 0.1) is 6.10 Å². The van der Waals surface area contributed by atoms with Gasteiger partial charge in [0.25, 0.3) is 0 Å². The van der Waals surface area contributed by atoms with Crippen molar-refractivity contribution in [3.63, 3.8) is 0 Å². The molecule has 3 rings (SSSR count). The molecule has 0 amide bonds. The Balaban J connectivity index is 1.82. The summed E-state index contributed by atoms with van der Waals surface area (Å²) >= 11 is 3.55. The molecular weight excluding hydrogens is 312 g/mol. The van der Waals surface area contributed by atoms with Crippen molar-refractivity contribution in [1.82, 2.24) is 0 Å². The molecule has 0 spiro atoms. The predicted octanol–water partition coefficient (Wildman–Crippen LogP) is 4.90. The zero-order valence-electron chi connectivity index (χ0n) is 11.8. The largest absolute Gasteiger partial charge is 0.388 e. The van der Waals surface area contributed by atoms with Gasteiger partial charge in [-0.2, -0.15) is 0 Å². The number of aliphatic hydroxyl groups is 1. The molecule has 0 bridgehead atoms. The third-order valence-corrected chi connectivity index (χ3v) is 5.19. The van der Waals surface area contributed by atoms with Crippen LogP contribution in [0.15, 0.2) is 46.9 Å². The highest BCUT2D eigenvalue weighted by Crippen LogP contribution is 2.54. The maximum Gasteiger partial charge on any atom is 0.0826 e. The van der Waals surface area contributed by atoms with Crippen LogP contribution in [-0.2, 0) is 0 Å². The van der Waals surface area contributed by atoms with E-state index in [9.17, 15) is 5.11 Å². The minimum Gasteiger partial charge on any atom is -0.388 e. The molecule has 2 aromatic rings. The number of rotatable bonds is 3. The van der Waals surface area contributed by atoms with E-state index in [0.717, 1.165) is 22.0 Å². The Labute approximate surface area is 128 Å². The van der Waals surface area contributed by atoms with Crippen LogP contribution in [0.25, 0.3) is 0 Å². The maximum atomic E-state index is 10.7. The van der Waals surface area contributed by atoms with Crippen molar-refractivity contribution >= 4 is 15.9 Å². The van der Waals surface area contributed by atoms with Crippen LogP contribution in [0.5, 0.6) is 0 Å². The van der Waals surface area contributed by atoms with Gasteiger partial charge in [-0.05, 0) is 60.4 Å². The molecule has 3 atom stereocenters. The Morgan fingerprint density at radius 3 is 2.50 bits per heavy atom. The van der Waals surface area contributed by atoms with Crippen LogP contribution in [0.1, 0.15) is 40.7 Å². The van der Waals surface area contributed by atoms with Gasteiger partial charge in [0.15, 0.2) is 0 Å². The van der Waals surface area contributed by atoms with Crippen molar-refractivity contribution in [2.75, 3.05) is 0 Å². The van der Waals surface area contributed by atoms with Gasteiger partial charge >= 0.3 is 0 Å². The standard InChI is InChI=1S/C18H19BrO/c1-11-9-17(19)12(2)8-14(11)18(20)16-10-15(16)13-6-4-3-5-7-13/h3-9,15-16,18,20H,10H2,1-2H3. The number of aliphatic hydroxyl groups excluding tert-OH is 1. The lowest BCUT2D eigenvalue weighted by Gasteiger charge is -2.16. The van der Waals surface area contributed by atoms with Gasteiger partial charge in [-0.3, -0.25) is 0 Å². The van der Waals surface area contributed by atoms with E-state index in [0.29, 0.717) is 11.8 Å². The summed E-state index contributed by atoms with van der Waals surface area (Å²) < 4.78 is 1.11. The van der Waals surface area contributed by atoms with Crippen LogP contribution in [-0.4, -0.2) is 5.11 Å². The summed E-state index contributed by atoms with van der Waals surface area (Å²) in [6.45, 7) is 4.14. The van der Waals surface area contributed by atoms with Crippen LogP contribution in [0.3, 0.4) is 0 Å². The number of hydrogen-bond acceptors (Lipinski definition) is 1. The molecule has 2 heteroatoms. The lowest BCUT2D eigenvalue weighted by atomic mass is 9.96. The van der Waals surface area contributed by atoms with E-state index in [4.69, 9.17) is 0 Å². The van der Waals surface area contributed by atoms with Gasteiger partial charge in [-0.25, -0.2) is 0 Å². The van der Waals surface area contributed by atoms with Gasteiger partial charge in [0.1, 0.15) is 0 Å². The van der Waals surface area contributed by atoms with Gasteiger partial charge in [-0.1, -0.05) is 52.3 Å². The quantitative estimate of drug-likeness (QED) is 0.848. The van der Waals surface area contributed by atoms with E-state index < -0.39 is 0 Å². The predicted molar refractivity (Wildman–Crippen MR) is 85.9 cm³/mol. The zero-order valence-corrected chi connectivity index (χ0v) is 13.4. The van der Waals surface area contributed by atoms with Crippen molar-refractivity contribution in [2.45, 2.75) is 32.3 Å². The van der Waals surface area contributed by atoms with Crippen LogP contribution >= 0.6 is 15.9 Å². The smallest absolute Gasteiger partial charge is 0.0826 e. The average Bonchev–Trinajstić information content (AvgIpc) is 3.23. The fraction of sp³-hybridized carbons (Fsp3) is 0.333. The number of halogens is 1. The first-order valence-corrected chi connectivity index (χ1v) is 7.87. The molecule has 1 fully saturated rings. The maximum absolute atomic E-state index is 10.7. The van der Waals surface area contributed by atoms with E-state index in [-0.39, 0.29) is 6.10 Å². The summed E-state index contributed by atoms with van der Waals surface area (Å²) in [5.74, 6) is 0.867. The molecule has 0 saturated heterocycles. The van der Waals surface area contributed by atoms with Gasteiger partial charge in [0.2, 0.25) is 0 Å². The molecule has 0 aromatic heterocycles. The number of aryl methyl sites for hydroxylation is 2. The highest BCUT2D eigenvalue weighted by molar-refractivity contribution is 9.10. The van der Waals surface area contributed by atoms with E-state index >= 15 is 0 Å². The number of benzene rings is 2. The Morgan fingerprint density at radius 2 is 1.80 bits per heavy atom. The average molecular weight is 331 g/mol. The summed E-state index contributed by atoms with van der Waals surface area (Å²) in [7, 11) is 0. The molecule has 1 aliphatic carbocycles. The second-order valence-electron chi connectivity index (χ2n) is 5.82. The Morgan fingerprint density at radius 1 is 1.10 bits per heavy atom. The first-order chi connectivity index (χ1) is 9.58. The summed E-state index contributed by atoms with van der Waals surface area (Å²) in [5.41, 5.74) is 4.77. The molecule has 3 unspecified atom stereocenters. The summed E-state index contributed by atoms with van der Waals surface area (Å²) in [6, 6.07) is 14.7. The van der Waals surface area contributed by atoms with Crippen LogP contribution in [0.4, 0.5) is 0 Å². The SMILES string of the molecule is Cc1cc(C(O)C2CC2c2ccccc2)c(C)cc1Br. The lowest BCUT2D eigenvalue weighted by Crippen LogP contribution is -2.04. The fourth-order valence-corrected chi connectivity index (χ4v) is 3.46. The summed E-state index contributed by atoms with van der Waals surface area (Å²) in [6.07, 6.45) is 0.728. The van der Waals surface area contributed by atoms with Crippen LogP contribution in [0.2, 0.25) is 0 Å².